The molecule has 1 amide bonds. The Morgan fingerprint density at radius 2 is 1.95 bits per heavy atom. The molecule has 0 fully saturated rings. The van der Waals surface area contributed by atoms with Gasteiger partial charge in [-0.25, -0.2) is 4.79 Å². The molecule has 20 heavy (non-hydrogen) atoms. The predicted octanol–water partition coefficient (Wildman–Crippen LogP) is 2.34. The third-order valence-corrected chi connectivity index (χ3v) is 3.39. The number of nitrogens with one attached hydrogen (secondary N) is 1. The van der Waals surface area contributed by atoms with Crippen LogP contribution in [0.2, 0.25) is 0 Å². The second kappa shape index (κ2) is 6.11. The summed E-state index contributed by atoms with van der Waals surface area (Å²) in [5, 5.41) is 11.8. The molecule has 0 aliphatic carbocycles. The van der Waals surface area contributed by atoms with Gasteiger partial charge in [0.15, 0.2) is 0 Å². The number of carbonyl (C=O) groups is 2. The van der Waals surface area contributed by atoms with Crippen molar-refractivity contribution in [2.24, 2.45) is 12.5 Å². The number of aromatic nitrogens is 1. The molecule has 0 radical (unpaired) electrons. The highest BCUT2D eigenvalue weighted by Crippen LogP contribution is 2.21. The third kappa shape index (κ3) is 4.40. The molecule has 5 heteroatoms. The van der Waals surface area contributed by atoms with Crippen LogP contribution < -0.4 is 5.32 Å². The number of carboxylic acid groups (broad SMARTS) is 1. The van der Waals surface area contributed by atoms with Gasteiger partial charge in [-0.05, 0) is 37.3 Å². The van der Waals surface area contributed by atoms with Crippen molar-refractivity contribution < 1.29 is 14.7 Å². The third-order valence-electron chi connectivity index (χ3n) is 3.39. The molecule has 1 heterocycles. The van der Waals surface area contributed by atoms with E-state index >= 15 is 0 Å². The van der Waals surface area contributed by atoms with Gasteiger partial charge in [-0.2, -0.15) is 0 Å². The van der Waals surface area contributed by atoms with Gasteiger partial charge in [0.2, 0.25) is 0 Å². The summed E-state index contributed by atoms with van der Waals surface area (Å²) in [6.45, 7) is 8.04. The van der Waals surface area contributed by atoms with Gasteiger partial charge < -0.3 is 15.0 Å². The van der Waals surface area contributed by atoms with E-state index in [1.54, 1.807) is 17.7 Å². The topological polar surface area (TPSA) is 71.3 Å². The van der Waals surface area contributed by atoms with Crippen molar-refractivity contribution in [3.63, 3.8) is 0 Å². The second-order valence-corrected chi connectivity index (χ2v) is 6.38. The lowest BCUT2D eigenvalue weighted by molar-refractivity contribution is -0.139. The highest BCUT2D eigenvalue weighted by molar-refractivity contribution is 5.95. The Hall–Kier alpha value is -1.78. The van der Waals surface area contributed by atoms with Crippen LogP contribution in [0.15, 0.2) is 12.1 Å². The molecule has 0 saturated carbocycles. The fourth-order valence-corrected chi connectivity index (χ4v) is 1.91. The maximum Gasteiger partial charge on any atom is 0.326 e. The number of aliphatic carboxylic acids is 1. The second-order valence-electron chi connectivity index (χ2n) is 6.38. The SMILES string of the molecule is Cc1ccc(C(=O)NC(CCC(C)(C)C)C(=O)O)n1C. The molecule has 0 spiro atoms. The normalized spacial score (nSPS) is 13.1. The van der Waals surface area contributed by atoms with Crippen LogP contribution in [0.5, 0.6) is 0 Å². The number of rotatable bonds is 5. The number of carbonyl (C=O) groups excluding carboxylic acids is 1. The van der Waals surface area contributed by atoms with E-state index in [0.717, 1.165) is 12.1 Å². The van der Waals surface area contributed by atoms with Gasteiger partial charge in [-0.15, -0.1) is 0 Å². The van der Waals surface area contributed by atoms with E-state index in [2.05, 4.69) is 5.32 Å². The number of amides is 1. The fraction of sp³-hybridized carbons (Fsp3) is 0.600. The molecule has 5 nitrogen and oxygen atoms in total. The summed E-state index contributed by atoms with van der Waals surface area (Å²) in [6, 6.07) is 2.68. The zero-order valence-corrected chi connectivity index (χ0v) is 12.9. The van der Waals surface area contributed by atoms with Crippen LogP contribution in [0.25, 0.3) is 0 Å². The minimum Gasteiger partial charge on any atom is -0.480 e. The average Bonchev–Trinajstić information content (AvgIpc) is 2.63. The Labute approximate surface area is 120 Å². The summed E-state index contributed by atoms with van der Waals surface area (Å²) >= 11 is 0. The molecule has 0 aliphatic heterocycles. The molecule has 1 unspecified atom stereocenters. The number of carboxylic acids is 1. The lowest BCUT2D eigenvalue weighted by Crippen LogP contribution is -2.41. The lowest BCUT2D eigenvalue weighted by Gasteiger charge is -2.21. The molecule has 0 aliphatic rings. The molecule has 0 aromatic carbocycles. The van der Waals surface area contributed by atoms with Crippen LogP contribution >= 0.6 is 0 Å². The van der Waals surface area contributed by atoms with Crippen LogP contribution in [0, 0.1) is 12.3 Å². The van der Waals surface area contributed by atoms with Crippen molar-refractivity contribution in [1.82, 2.24) is 9.88 Å². The molecule has 112 valence electrons. The summed E-state index contributed by atoms with van der Waals surface area (Å²) < 4.78 is 1.75. The van der Waals surface area contributed by atoms with Crippen molar-refractivity contribution >= 4 is 11.9 Å². The fourth-order valence-electron chi connectivity index (χ4n) is 1.91. The minimum atomic E-state index is -0.992. The summed E-state index contributed by atoms with van der Waals surface area (Å²) in [5.74, 6) is -1.34. The van der Waals surface area contributed by atoms with Crippen LogP contribution in [0.3, 0.4) is 0 Å². The molecule has 0 saturated heterocycles. The Morgan fingerprint density at radius 1 is 1.35 bits per heavy atom. The molecule has 1 aromatic rings. The smallest absolute Gasteiger partial charge is 0.326 e. The predicted molar refractivity (Wildman–Crippen MR) is 77.7 cm³/mol. The molecule has 1 atom stereocenters. The Balaban J connectivity index is 2.73. The number of hydrogen-bond acceptors (Lipinski definition) is 2. The standard InChI is InChI=1S/C15H24N2O3/c1-10-6-7-12(17(10)5)13(18)16-11(14(19)20)8-9-15(2,3)4/h6-7,11H,8-9H2,1-5H3,(H,16,18)(H,19,20). The number of hydrogen-bond donors (Lipinski definition) is 2. The van der Waals surface area contributed by atoms with E-state index < -0.39 is 12.0 Å². The zero-order valence-electron chi connectivity index (χ0n) is 12.9. The molecule has 1 rings (SSSR count). The maximum absolute atomic E-state index is 12.1. The first kappa shape index (κ1) is 16.3. The lowest BCUT2D eigenvalue weighted by atomic mass is 9.88. The average molecular weight is 280 g/mol. The zero-order chi connectivity index (χ0) is 15.5. The van der Waals surface area contributed by atoms with E-state index in [-0.39, 0.29) is 11.3 Å². The van der Waals surface area contributed by atoms with Gasteiger partial charge >= 0.3 is 5.97 Å². The van der Waals surface area contributed by atoms with E-state index in [9.17, 15) is 14.7 Å². The van der Waals surface area contributed by atoms with Crippen LogP contribution in [-0.2, 0) is 11.8 Å². The van der Waals surface area contributed by atoms with Crippen LogP contribution in [-0.4, -0.2) is 27.6 Å². The Kier molecular flexibility index (Phi) is 4.98. The minimum absolute atomic E-state index is 0.0417. The van der Waals surface area contributed by atoms with E-state index in [1.165, 1.54) is 0 Å². The van der Waals surface area contributed by atoms with Crippen molar-refractivity contribution in [2.75, 3.05) is 0 Å². The number of nitrogens with zero attached hydrogens (tertiary/aromatic N) is 1. The maximum atomic E-state index is 12.1. The van der Waals surface area contributed by atoms with Gasteiger partial charge in [0, 0.05) is 12.7 Å². The first-order valence-corrected chi connectivity index (χ1v) is 6.78. The Bertz CT molecular complexity index is 498. The van der Waals surface area contributed by atoms with Gasteiger partial charge in [-0.3, -0.25) is 4.79 Å². The van der Waals surface area contributed by atoms with Gasteiger partial charge in [-0.1, -0.05) is 20.8 Å². The van der Waals surface area contributed by atoms with Gasteiger partial charge in [0.05, 0.1) is 0 Å². The van der Waals surface area contributed by atoms with Crippen molar-refractivity contribution in [1.29, 1.82) is 0 Å². The first-order chi connectivity index (χ1) is 9.11. The Morgan fingerprint density at radius 3 is 2.35 bits per heavy atom. The van der Waals surface area contributed by atoms with Gasteiger partial charge in [0.25, 0.3) is 5.91 Å². The summed E-state index contributed by atoms with van der Waals surface area (Å²) in [6.07, 6.45) is 1.16. The largest absolute Gasteiger partial charge is 0.480 e. The van der Waals surface area contributed by atoms with Crippen molar-refractivity contribution in [2.45, 2.75) is 46.6 Å². The quantitative estimate of drug-likeness (QED) is 0.869. The summed E-state index contributed by atoms with van der Waals surface area (Å²) in [5.41, 5.74) is 1.47. The highest BCUT2D eigenvalue weighted by Gasteiger charge is 2.24. The molecule has 0 bridgehead atoms. The van der Waals surface area contributed by atoms with Crippen LogP contribution in [0.4, 0.5) is 0 Å². The summed E-state index contributed by atoms with van der Waals surface area (Å²) in [7, 11) is 1.79. The molecule has 1 aromatic heterocycles. The highest BCUT2D eigenvalue weighted by atomic mass is 16.4. The van der Waals surface area contributed by atoms with Crippen molar-refractivity contribution in [3.8, 4) is 0 Å². The molecular weight excluding hydrogens is 256 g/mol. The summed E-state index contributed by atoms with van der Waals surface area (Å²) in [4.78, 5) is 23.4. The van der Waals surface area contributed by atoms with E-state index in [1.807, 2.05) is 33.8 Å². The molecule has 2 N–H and O–H groups in total. The monoisotopic (exact) mass is 280 g/mol. The van der Waals surface area contributed by atoms with E-state index in [4.69, 9.17) is 0 Å². The van der Waals surface area contributed by atoms with Gasteiger partial charge in [0.1, 0.15) is 11.7 Å². The van der Waals surface area contributed by atoms with Crippen molar-refractivity contribution in [3.05, 3.63) is 23.5 Å². The van der Waals surface area contributed by atoms with E-state index in [0.29, 0.717) is 12.1 Å². The van der Waals surface area contributed by atoms with Crippen LogP contribution in [0.1, 0.15) is 49.8 Å². The molecular formula is C15H24N2O3. The number of aryl methyl sites for hydroxylation is 1. The first-order valence-electron chi connectivity index (χ1n) is 6.78.